The first-order valence-electron chi connectivity index (χ1n) is 5.30. The lowest BCUT2D eigenvalue weighted by atomic mass is 10.0. The second kappa shape index (κ2) is 4.99. The minimum Gasteiger partial charge on any atom is -0.508 e. The van der Waals surface area contributed by atoms with Gasteiger partial charge in [0.2, 0.25) is 0 Å². The Hall–Kier alpha value is -2.31. The third-order valence-corrected chi connectivity index (χ3v) is 2.38. The molecule has 1 N–H and O–H groups in total. The van der Waals surface area contributed by atoms with E-state index in [9.17, 15) is 27.1 Å². The summed E-state index contributed by atoms with van der Waals surface area (Å²) in [5, 5.41) is 9.36. The molecule has 0 aliphatic carbocycles. The highest BCUT2D eigenvalue weighted by Crippen LogP contribution is 2.32. The molecule has 106 valence electrons. The van der Waals surface area contributed by atoms with Crippen LogP contribution in [0.15, 0.2) is 36.4 Å². The molecule has 2 aromatic carbocycles. The highest BCUT2D eigenvalue weighted by Gasteiger charge is 2.31. The first kappa shape index (κ1) is 14.1. The lowest BCUT2D eigenvalue weighted by Gasteiger charge is -2.11. The van der Waals surface area contributed by atoms with Crippen LogP contribution in [0.5, 0.6) is 11.5 Å². The van der Waals surface area contributed by atoms with Gasteiger partial charge in [-0.15, -0.1) is 13.2 Å². The van der Waals surface area contributed by atoms with Gasteiger partial charge < -0.3 is 9.84 Å². The van der Waals surface area contributed by atoms with Crippen LogP contribution in [-0.4, -0.2) is 11.5 Å². The molecule has 2 rings (SSSR count). The van der Waals surface area contributed by atoms with Crippen molar-refractivity contribution in [2.45, 2.75) is 6.36 Å². The van der Waals surface area contributed by atoms with Crippen molar-refractivity contribution in [2.24, 2.45) is 0 Å². The molecule has 0 bridgehead atoms. The second-order valence-electron chi connectivity index (χ2n) is 3.89. The van der Waals surface area contributed by atoms with Crippen LogP contribution < -0.4 is 4.74 Å². The summed E-state index contributed by atoms with van der Waals surface area (Å²) < 4.78 is 65.9. The summed E-state index contributed by atoms with van der Waals surface area (Å²) in [6.45, 7) is 0. The smallest absolute Gasteiger partial charge is 0.508 e. The van der Waals surface area contributed by atoms with Crippen LogP contribution in [0.4, 0.5) is 22.0 Å². The number of alkyl halides is 3. The minimum atomic E-state index is -4.92. The molecular formula is C13H7F5O2. The molecule has 0 saturated carbocycles. The van der Waals surface area contributed by atoms with Gasteiger partial charge in [0.25, 0.3) is 0 Å². The normalized spacial score (nSPS) is 11.4. The maximum atomic E-state index is 13.1. The van der Waals surface area contributed by atoms with Crippen molar-refractivity contribution in [3.63, 3.8) is 0 Å². The van der Waals surface area contributed by atoms with Crippen molar-refractivity contribution in [3.05, 3.63) is 48.0 Å². The number of aromatic hydroxyl groups is 1. The molecule has 0 aliphatic rings. The van der Waals surface area contributed by atoms with Crippen LogP contribution in [0.3, 0.4) is 0 Å². The maximum Gasteiger partial charge on any atom is 0.573 e. The topological polar surface area (TPSA) is 29.5 Å². The van der Waals surface area contributed by atoms with Gasteiger partial charge >= 0.3 is 6.36 Å². The largest absolute Gasteiger partial charge is 0.573 e. The van der Waals surface area contributed by atoms with Gasteiger partial charge in [0, 0.05) is 6.07 Å². The number of benzene rings is 2. The number of hydrogen-bond donors (Lipinski definition) is 1. The van der Waals surface area contributed by atoms with Crippen molar-refractivity contribution in [3.8, 4) is 22.6 Å². The first-order valence-corrected chi connectivity index (χ1v) is 5.30. The van der Waals surface area contributed by atoms with Crippen LogP contribution in [-0.2, 0) is 0 Å². The molecule has 0 heterocycles. The van der Waals surface area contributed by atoms with Crippen molar-refractivity contribution in [2.75, 3.05) is 0 Å². The van der Waals surface area contributed by atoms with Gasteiger partial charge in [0.15, 0.2) is 11.6 Å². The van der Waals surface area contributed by atoms with E-state index in [1.54, 1.807) is 0 Å². The fourth-order valence-corrected chi connectivity index (χ4v) is 1.62. The summed E-state index contributed by atoms with van der Waals surface area (Å²) in [7, 11) is 0. The predicted octanol–water partition coefficient (Wildman–Crippen LogP) is 4.24. The Bertz CT molecular complexity index is 637. The zero-order valence-corrected chi connectivity index (χ0v) is 9.71. The maximum absolute atomic E-state index is 13.1. The number of phenolic OH excluding ortho intramolecular Hbond substituents is 1. The Labute approximate surface area is 110 Å². The van der Waals surface area contributed by atoms with Crippen LogP contribution in [0.2, 0.25) is 0 Å². The standard InChI is InChI=1S/C13H7F5O2/c14-11-2-1-7(5-12(11)15)8-3-9(19)6-10(4-8)20-13(16,17)18/h1-6,19H. The molecule has 0 atom stereocenters. The molecule has 2 aromatic rings. The molecule has 20 heavy (non-hydrogen) atoms. The van der Waals surface area contributed by atoms with Gasteiger partial charge in [0.1, 0.15) is 11.5 Å². The highest BCUT2D eigenvalue weighted by atomic mass is 19.4. The Morgan fingerprint density at radius 3 is 2.15 bits per heavy atom. The highest BCUT2D eigenvalue weighted by molar-refractivity contribution is 5.67. The Balaban J connectivity index is 2.43. The van der Waals surface area contributed by atoms with Gasteiger partial charge in [-0.1, -0.05) is 6.07 Å². The number of hydrogen-bond acceptors (Lipinski definition) is 2. The summed E-state index contributed by atoms with van der Waals surface area (Å²) in [5.41, 5.74) is 0.162. The molecule has 0 amide bonds. The number of phenols is 1. The fraction of sp³-hybridized carbons (Fsp3) is 0.0769. The monoisotopic (exact) mass is 290 g/mol. The molecule has 0 spiro atoms. The van der Waals surface area contributed by atoms with Gasteiger partial charge in [-0.25, -0.2) is 8.78 Å². The molecule has 0 unspecified atom stereocenters. The molecule has 0 radical (unpaired) electrons. The van der Waals surface area contributed by atoms with Crippen molar-refractivity contribution < 1.29 is 31.8 Å². The third-order valence-electron chi connectivity index (χ3n) is 2.38. The number of rotatable bonds is 2. The third kappa shape index (κ3) is 3.37. The Morgan fingerprint density at radius 2 is 1.55 bits per heavy atom. The predicted molar refractivity (Wildman–Crippen MR) is 60.1 cm³/mol. The van der Waals surface area contributed by atoms with Crippen LogP contribution in [0.1, 0.15) is 0 Å². The fourth-order valence-electron chi connectivity index (χ4n) is 1.62. The van der Waals surface area contributed by atoms with Gasteiger partial charge in [-0.05, 0) is 35.4 Å². The van der Waals surface area contributed by atoms with E-state index in [0.29, 0.717) is 0 Å². The lowest BCUT2D eigenvalue weighted by molar-refractivity contribution is -0.274. The summed E-state index contributed by atoms with van der Waals surface area (Å²) in [6.07, 6.45) is -4.92. The van der Waals surface area contributed by atoms with E-state index >= 15 is 0 Å². The number of ether oxygens (including phenoxy) is 1. The average Bonchev–Trinajstić information content (AvgIpc) is 2.29. The van der Waals surface area contributed by atoms with E-state index in [4.69, 9.17) is 0 Å². The average molecular weight is 290 g/mol. The molecule has 2 nitrogen and oxygen atoms in total. The van der Waals surface area contributed by atoms with E-state index < -0.39 is 29.5 Å². The molecule has 0 fully saturated rings. The second-order valence-corrected chi connectivity index (χ2v) is 3.89. The minimum absolute atomic E-state index is 0.0585. The zero-order chi connectivity index (χ0) is 14.9. The van der Waals surface area contributed by atoms with E-state index in [1.165, 1.54) is 6.07 Å². The SMILES string of the molecule is Oc1cc(OC(F)(F)F)cc(-c2ccc(F)c(F)c2)c1. The Morgan fingerprint density at radius 1 is 0.850 bits per heavy atom. The summed E-state index contributed by atoms with van der Waals surface area (Å²) in [4.78, 5) is 0. The molecular weight excluding hydrogens is 283 g/mol. The molecule has 0 aliphatic heterocycles. The van der Waals surface area contributed by atoms with Crippen LogP contribution in [0.25, 0.3) is 11.1 Å². The van der Waals surface area contributed by atoms with Crippen LogP contribution >= 0.6 is 0 Å². The quantitative estimate of drug-likeness (QED) is 0.838. The van der Waals surface area contributed by atoms with Gasteiger partial charge in [0.05, 0.1) is 0 Å². The summed E-state index contributed by atoms with van der Waals surface area (Å²) >= 11 is 0. The summed E-state index contributed by atoms with van der Waals surface area (Å²) in [5.74, 6) is -3.38. The molecule has 0 saturated heterocycles. The van der Waals surface area contributed by atoms with E-state index in [1.807, 2.05) is 0 Å². The van der Waals surface area contributed by atoms with E-state index in [-0.39, 0.29) is 11.1 Å². The molecule has 7 heteroatoms. The Kier molecular flexibility index (Phi) is 3.52. The van der Waals surface area contributed by atoms with Crippen molar-refractivity contribution >= 4 is 0 Å². The van der Waals surface area contributed by atoms with E-state index in [0.717, 1.165) is 30.3 Å². The van der Waals surface area contributed by atoms with Gasteiger partial charge in [-0.2, -0.15) is 0 Å². The van der Waals surface area contributed by atoms with Crippen molar-refractivity contribution in [1.82, 2.24) is 0 Å². The zero-order valence-electron chi connectivity index (χ0n) is 9.71. The molecule has 0 aromatic heterocycles. The van der Waals surface area contributed by atoms with Crippen LogP contribution in [0, 0.1) is 11.6 Å². The van der Waals surface area contributed by atoms with E-state index in [2.05, 4.69) is 4.74 Å². The van der Waals surface area contributed by atoms with Gasteiger partial charge in [-0.3, -0.25) is 0 Å². The lowest BCUT2D eigenvalue weighted by Crippen LogP contribution is -2.17. The summed E-state index contributed by atoms with van der Waals surface area (Å²) in [6, 6.07) is 5.64. The van der Waals surface area contributed by atoms with Crippen molar-refractivity contribution in [1.29, 1.82) is 0 Å². The first-order chi connectivity index (χ1) is 9.24. The number of halogens is 5.